The Balaban J connectivity index is 2.11. The molecule has 0 aromatic heterocycles. The van der Waals surface area contributed by atoms with Gasteiger partial charge in [-0.15, -0.1) is 0 Å². The van der Waals surface area contributed by atoms with Crippen molar-refractivity contribution < 1.29 is 4.79 Å². The lowest BCUT2D eigenvalue weighted by Gasteiger charge is -2.18. The summed E-state index contributed by atoms with van der Waals surface area (Å²) in [5, 5.41) is 3.00. The number of hydrogen-bond acceptors (Lipinski definition) is 3. The minimum atomic E-state index is 0.193. The van der Waals surface area contributed by atoms with Gasteiger partial charge in [0.05, 0.1) is 0 Å². The highest BCUT2D eigenvalue weighted by molar-refractivity contribution is 7.80. The minimum Gasteiger partial charge on any atom is -0.355 e. The van der Waals surface area contributed by atoms with Crippen LogP contribution >= 0.6 is 12.6 Å². The summed E-state index contributed by atoms with van der Waals surface area (Å²) < 4.78 is 0. The van der Waals surface area contributed by atoms with Crippen LogP contribution in [0.1, 0.15) is 33.1 Å². The lowest BCUT2D eigenvalue weighted by Crippen LogP contribution is -2.35. The van der Waals surface area contributed by atoms with E-state index in [1.54, 1.807) is 0 Å². The van der Waals surface area contributed by atoms with Crippen molar-refractivity contribution in [1.29, 1.82) is 0 Å². The van der Waals surface area contributed by atoms with E-state index in [4.69, 9.17) is 0 Å². The van der Waals surface area contributed by atoms with Crippen LogP contribution in [0, 0.1) is 5.41 Å². The summed E-state index contributed by atoms with van der Waals surface area (Å²) in [6, 6.07) is 0. The average Bonchev–Trinajstić information content (AvgIpc) is 3.05. The predicted octanol–water partition coefficient (Wildman–Crippen LogP) is 1.54. The molecule has 4 heteroatoms. The van der Waals surface area contributed by atoms with E-state index < -0.39 is 0 Å². The Hall–Kier alpha value is -0.220. The number of likely N-dealkylation sites (N-methyl/N-ethyl adjacent to an activating group) is 1. The fourth-order valence-corrected chi connectivity index (χ4v) is 2.29. The normalized spacial score (nSPS) is 17.5. The first-order valence-electron chi connectivity index (χ1n) is 6.25. The molecule has 0 radical (unpaired) electrons. The number of nitrogens with one attached hydrogen (secondary N) is 1. The average molecular weight is 244 g/mol. The number of rotatable bonds is 8. The highest BCUT2D eigenvalue weighted by Crippen LogP contribution is 2.49. The summed E-state index contributed by atoms with van der Waals surface area (Å²) in [7, 11) is 0. The number of carbonyl (C=O) groups is 1. The Kier molecular flexibility index (Phi) is 5.62. The van der Waals surface area contributed by atoms with Crippen molar-refractivity contribution in [2.75, 3.05) is 31.9 Å². The van der Waals surface area contributed by atoms with Gasteiger partial charge in [-0.2, -0.15) is 12.6 Å². The molecule has 1 aliphatic rings. The third kappa shape index (κ3) is 4.34. The molecule has 0 aromatic carbocycles. The second kappa shape index (κ2) is 6.50. The number of carbonyl (C=O) groups excluding carboxylic acids is 1. The molecule has 0 spiro atoms. The second-order valence-corrected chi connectivity index (χ2v) is 5.03. The molecule has 3 nitrogen and oxygen atoms in total. The lowest BCUT2D eigenvalue weighted by atomic mass is 10.1. The van der Waals surface area contributed by atoms with Gasteiger partial charge >= 0.3 is 0 Å². The lowest BCUT2D eigenvalue weighted by molar-refractivity contribution is -0.122. The van der Waals surface area contributed by atoms with Crippen LogP contribution in [0.2, 0.25) is 0 Å². The van der Waals surface area contributed by atoms with Crippen molar-refractivity contribution in [3.63, 3.8) is 0 Å². The molecule has 0 unspecified atom stereocenters. The number of thiol groups is 1. The van der Waals surface area contributed by atoms with Crippen molar-refractivity contribution in [1.82, 2.24) is 10.2 Å². The van der Waals surface area contributed by atoms with E-state index in [0.717, 1.165) is 31.9 Å². The Bertz CT molecular complexity index is 225. The topological polar surface area (TPSA) is 32.3 Å². The SMILES string of the molecule is CCN(CC)CCNC(=O)CC1(CS)CC1. The van der Waals surface area contributed by atoms with E-state index in [9.17, 15) is 4.79 Å². The van der Waals surface area contributed by atoms with Crippen molar-refractivity contribution >= 4 is 18.5 Å². The zero-order valence-electron chi connectivity index (χ0n) is 10.5. The van der Waals surface area contributed by atoms with Gasteiger partial charge in [0.15, 0.2) is 0 Å². The van der Waals surface area contributed by atoms with Crippen molar-refractivity contribution in [2.24, 2.45) is 5.41 Å². The van der Waals surface area contributed by atoms with Gasteiger partial charge in [0, 0.05) is 19.5 Å². The van der Waals surface area contributed by atoms with Gasteiger partial charge in [-0.25, -0.2) is 0 Å². The van der Waals surface area contributed by atoms with Crippen LogP contribution in [0.4, 0.5) is 0 Å². The van der Waals surface area contributed by atoms with Crippen LogP contribution in [0.15, 0.2) is 0 Å². The highest BCUT2D eigenvalue weighted by Gasteiger charge is 2.42. The van der Waals surface area contributed by atoms with Gasteiger partial charge < -0.3 is 10.2 Å². The molecule has 0 aliphatic heterocycles. The predicted molar refractivity (Wildman–Crippen MR) is 70.9 cm³/mol. The third-order valence-corrected chi connectivity index (χ3v) is 4.14. The van der Waals surface area contributed by atoms with E-state index >= 15 is 0 Å². The standard InChI is InChI=1S/C12H24N2OS/c1-3-14(4-2)8-7-13-11(15)9-12(10-16)5-6-12/h16H,3-10H2,1-2H3,(H,13,15). The Labute approximate surface area is 104 Å². The first-order chi connectivity index (χ1) is 7.65. The van der Waals surface area contributed by atoms with Gasteiger partial charge in [0.25, 0.3) is 0 Å². The number of hydrogen-bond donors (Lipinski definition) is 2. The Morgan fingerprint density at radius 1 is 1.38 bits per heavy atom. The van der Waals surface area contributed by atoms with Crippen LogP contribution in [-0.2, 0) is 4.79 Å². The maximum absolute atomic E-state index is 11.7. The minimum absolute atomic E-state index is 0.193. The van der Waals surface area contributed by atoms with Gasteiger partial charge in [-0.05, 0) is 37.1 Å². The highest BCUT2D eigenvalue weighted by atomic mass is 32.1. The first kappa shape index (κ1) is 13.8. The van der Waals surface area contributed by atoms with Gasteiger partial charge in [0.1, 0.15) is 0 Å². The van der Waals surface area contributed by atoms with Crippen molar-refractivity contribution in [2.45, 2.75) is 33.1 Å². The molecule has 0 atom stereocenters. The summed E-state index contributed by atoms with van der Waals surface area (Å²) in [4.78, 5) is 14.0. The smallest absolute Gasteiger partial charge is 0.220 e. The van der Waals surface area contributed by atoms with Crippen LogP contribution in [0.3, 0.4) is 0 Å². The maximum atomic E-state index is 11.7. The Morgan fingerprint density at radius 2 is 2.00 bits per heavy atom. The summed E-state index contributed by atoms with van der Waals surface area (Å²) in [6.07, 6.45) is 2.99. The van der Waals surface area contributed by atoms with Gasteiger partial charge in [0.2, 0.25) is 5.91 Å². The van der Waals surface area contributed by atoms with E-state index in [1.807, 2.05) is 0 Å². The Morgan fingerprint density at radius 3 is 2.44 bits per heavy atom. The zero-order valence-corrected chi connectivity index (χ0v) is 11.4. The van der Waals surface area contributed by atoms with Crippen LogP contribution < -0.4 is 5.32 Å². The summed E-state index contributed by atoms with van der Waals surface area (Å²) in [6.45, 7) is 8.10. The molecule has 1 N–H and O–H groups in total. The fraction of sp³-hybridized carbons (Fsp3) is 0.917. The van der Waals surface area contributed by atoms with E-state index in [2.05, 4.69) is 36.7 Å². The molecule has 1 rings (SSSR count). The summed E-state index contributed by atoms with van der Waals surface area (Å²) in [5.74, 6) is 1.04. The largest absolute Gasteiger partial charge is 0.355 e. The molecule has 16 heavy (non-hydrogen) atoms. The summed E-state index contributed by atoms with van der Waals surface area (Å²) >= 11 is 4.30. The number of nitrogens with zero attached hydrogens (tertiary/aromatic N) is 1. The van der Waals surface area contributed by atoms with E-state index in [1.165, 1.54) is 12.8 Å². The van der Waals surface area contributed by atoms with Gasteiger partial charge in [-0.1, -0.05) is 13.8 Å². The van der Waals surface area contributed by atoms with Crippen molar-refractivity contribution in [3.05, 3.63) is 0 Å². The molecule has 94 valence electrons. The molecule has 0 aromatic rings. The monoisotopic (exact) mass is 244 g/mol. The molecule has 1 saturated carbocycles. The fourth-order valence-electron chi connectivity index (χ4n) is 1.86. The first-order valence-corrected chi connectivity index (χ1v) is 6.89. The molecule has 1 amide bonds. The summed E-state index contributed by atoms with van der Waals surface area (Å²) in [5.41, 5.74) is 0.238. The van der Waals surface area contributed by atoms with Crippen LogP contribution in [0.5, 0.6) is 0 Å². The van der Waals surface area contributed by atoms with Crippen molar-refractivity contribution in [3.8, 4) is 0 Å². The molecular formula is C12H24N2OS. The quantitative estimate of drug-likeness (QED) is 0.635. The maximum Gasteiger partial charge on any atom is 0.220 e. The van der Waals surface area contributed by atoms with Crippen LogP contribution in [0.25, 0.3) is 0 Å². The van der Waals surface area contributed by atoms with Crippen LogP contribution in [-0.4, -0.2) is 42.7 Å². The van der Waals surface area contributed by atoms with E-state index in [-0.39, 0.29) is 11.3 Å². The molecule has 1 aliphatic carbocycles. The molecular weight excluding hydrogens is 220 g/mol. The molecule has 0 saturated heterocycles. The van der Waals surface area contributed by atoms with E-state index in [0.29, 0.717) is 6.42 Å². The molecule has 1 fully saturated rings. The number of amides is 1. The third-order valence-electron chi connectivity index (χ3n) is 3.47. The zero-order chi connectivity index (χ0) is 12.0. The molecule has 0 bridgehead atoms. The molecule has 0 heterocycles. The second-order valence-electron chi connectivity index (χ2n) is 4.71. The van der Waals surface area contributed by atoms with Gasteiger partial charge in [-0.3, -0.25) is 4.79 Å².